The van der Waals surface area contributed by atoms with E-state index in [0.717, 1.165) is 6.92 Å². The summed E-state index contributed by atoms with van der Waals surface area (Å²) in [6.45, 7) is 3.76. The summed E-state index contributed by atoms with van der Waals surface area (Å²) in [5, 5.41) is 3.43. The zero-order chi connectivity index (χ0) is 28.5. The van der Waals surface area contributed by atoms with E-state index in [2.05, 4.69) is 10.6 Å². The van der Waals surface area contributed by atoms with Gasteiger partial charge in [-0.15, -0.1) is 0 Å². The number of benzene rings is 2. The third-order valence-electron chi connectivity index (χ3n) is 5.51. The molecule has 2 amide bonds. The van der Waals surface area contributed by atoms with E-state index in [9.17, 15) is 49.1 Å². The SMILES string of the molecule is Cc1cc(C(F)(C(F)(F)F)C(F)(F)F)ccc1NC(=O)c1cccc(Cl)c1C(=O)N[C@@H](C)[C@H](C)S(=O)[O-]. The van der Waals surface area contributed by atoms with Crippen molar-refractivity contribution in [3.05, 3.63) is 63.7 Å². The Morgan fingerprint density at radius 2 is 1.54 bits per heavy atom. The van der Waals surface area contributed by atoms with Gasteiger partial charge in [-0.2, -0.15) is 26.3 Å². The Balaban J connectivity index is 2.41. The van der Waals surface area contributed by atoms with Gasteiger partial charge in [-0.1, -0.05) is 40.9 Å². The summed E-state index contributed by atoms with van der Waals surface area (Å²) in [5.74, 6) is -1.93. The Morgan fingerprint density at radius 1 is 0.973 bits per heavy atom. The second-order valence-corrected chi connectivity index (χ2v) is 9.70. The average molecular weight is 576 g/mol. The molecule has 2 aromatic carbocycles. The molecule has 6 nitrogen and oxygen atoms in total. The first-order valence-corrected chi connectivity index (χ1v) is 11.8. The fourth-order valence-electron chi connectivity index (χ4n) is 3.20. The number of nitrogens with one attached hydrogen (secondary N) is 2. The first-order valence-electron chi connectivity index (χ1n) is 10.2. The maximum absolute atomic E-state index is 14.3. The molecule has 0 aromatic heterocycles. The maximum Gasteiger partial charge on any atom is 0.435 e. The van der Waals surface area contributed by atoms with Crippen molar-refractivity contribution in [2.75, 3.05) is 5.32 Å². The van der Waals surface area contributed by atoms with Gasteiger partial charge in [0.15, 0.2) is 0 Å². The van der Waals surface area contributed by atoms with E-state index in [0.29, 0.717) is 12.1 Å². The molecule has 2 aromatic rings. The lowest BCUT2D eigenvalue weighted by Crippen LogP contribution is -2.50. The van der Waals surface area contributed by atoms with E-state index in [1.807, 2.05) is 0 Å². The maximum atomic E-state index is 14.3. The van der Waals surface area contributed by atoms with Crippen LogP contribution in [-0.4, -0.2) is 44.2 Å². The minimum atomic E-state index is -6.31. The summed E-state index contributed by atoms with van der Waals surface area (Å²) in [6.07, 6.45) is -12.6. The predicted molar refractivity (Wildman–Crippen MR) is 121 cm³/mol. The van der Waals surface area contributed by atoms with Crippen molar-refractivity contribution in [1.29, 1.82) is 0 Å². The fourth-order valence-corrected chi connectivity index (χ4v) is 3.86. The molecule has 3 atom stereocenters. The highest BCUT2D eigenvalue weighted by atomic mass is 35.5. The highest BCUT2D eigenvalue weighted by Gasteiger charge is 2.73. The second-order valence-electron chi connectivity index (χ2n) is 8.03. The van der Waals surface area contributed by atoms with Crippen LogP contribution in [0.2, 0.25) is 5.02 Å². The number of carbonyl (C=O) groups excluding carboxylic acids is 2. The van der Waals surface area contributed by atoms with E-state index in [4.69, 9.17) is 11.6 Å². The van der Waals surface area contributed by atoms with Crippen molar-refractivity contribution in [2.45, 2.75) is 50.1 Å². The van der Waals surface area contributed by atoms with Crippen molar-refractivity contribution in [3.63, 3.8) is 0 Å². The van der Waals surface area contributed by atoms with Crippen LogP contribution >= 0.6 is 11.6 Å². The molecule has 1 unspecified atom stereocenters. The van der Waals surface area contributed by atoms with Crippen molar-refractivity contribution in [2.24, 2.45) is 0 Å². The molecule has 0 aliphatic heterocycles. The third-order valence-corrected chi connectivity index (χ3v) is 6.84. The lowest BCUT2D eigenvalue weighted by Gasteiger charge is -2.30. The first kappa shape index (κ1) is 30.5. The summed E-state index contributed by atoms with van der Waals surface area (Å²) in [4.78, 5) is 25.6. The van der Waals surface area contributed by atoms with Crippen LogP contribution in [0.4, 0.5) is 36.4 Å². The largest absolute Gasteiger partial charge is 0.772 e. The summed E-state index contributed by atoms with van der Waals surface area (Å²) in [7, 11) is 0. The van der Waals surface area contributed by atoms with Gasteiger partial charge in [0.1, 0.15) is 0 Å². The monoisotopic (exact) mass is 575 g/mol. The topological polar surface area (TPSA) is 98.3 Å². The molecule has 0 bridgehead atoms. The Labute approximate surface area is 213 Å². The molecule has 37 heavy (non-hydrogen) atoms. The Kier molecular flexibility index (Phi) is 9.03. The average Bonchev–Trinajstić information content (AvgIpc) is 2.77. The predicted octanol–water partition coefficient (Wildman–Crippen LogP) is 5.58. The molecule has 0 aliphatic rings. The number of amides is 2. The van der Waals surface area contributed by atoms with Gasteiger partial charge >= 0.3 is 18.0 Å². The molecule has 0 fully saturated rings. The normalized spacial score (nSPS) is 15.0. The quantitative estimate of drug-likeness (QED) is 0.333. The van der Waals surface area contributed by atoms with E-state index >= 15 is 0 Å². The highest BCUT2D eigenvalue weighted by molar-refractivity contribution is 7.79. The molecule has 2 rings (SSSR count). The van der Waals surface area contributed by atoms with Crippen molar-refractivity contribution >= 4 is 40.2 Å². The van der Waals surface area contributed by atoms with Crippen molar-refractivity contribution in [3.8, 4) is 0 Å². The third kappa shape index (κ3) is 6.24. The number of carbonyl (C=O) groups is 2. The van der Waals surface area contributed by atoms with Crippen LogP contribution in [0.1, 0.15) is 45.7 Å². The number of aryl methyl sites for hydroxylation is 1. The van der Waals surface area contributed by atoms with E-state index in [1.165, 1.54) is 32.0 Å². The lowest BCUT2D eigenvalue weighted by molar-refractivity contribution is -0.348. The van der Waals surface area contributed by atoms with Crippen molar-refractivity contribution in [1.82, 2.24) is 5.32 Å². The van der Waals surface area contributed by atoms with Gasteiger partial charge in [-0.05, 0) is 44.5 Å². The Bertz CT molecular complexity index is 1210. The molecule has 0 saturated heterocycles. The molecule has 0 heterocycles. The van der Waals surface area contributed by atoms with Crippen LogP contribution in [0.5, 0.6) is 0 Å². The number of rotatable bonds is 7. The van der Waals surface area contributed by atoms with Gasteiger partial charge in [-0.3, -0.25) is 13.8 Å². The summed E-state index contributed by atoms with van der Waals surface area (Å²) >= 11 is 3.54. The number of hydrogen-bond donors (Lipinski definition) is 2. The van der Waals surface area contributed by atoms with Gasteiger partial charge in [-0.25, -0.2) is 4.39 Å². The number of hydrogen-bond acceptors (Lipinski definition) is 4. The molecular formula is C22H19ClF7N2O4S-. The standard InChI is InChI=1S/C22H20ClF7N2O4S/c1-10-9-13(20(24,21(25,26)27)22(28,29)30)7-8-16(10)32-18(33)14-5-4-6-15(23)17(14)19(34)31-11(2)12(3)37(35)36/h4-9,11-12H,1-3H3,(H,31,34)(H,32,33)(H,35,36)/p-1/t11-,12-/m0/s1. The van der Waals surface area contributed by atoms with Crippen LogP contribution in [-0.2, 0) is 16.7 Å². The molecule has 0 radical (unpaired) electrons. The minimum absolute atomic E-state index is 0.196. The molecular weight excluding hydrogens is 557 g/mol. The Morgan fingerprint density at radius 3 is 2.03 bits per heavy atom. The van der Waals surface area contributed by atoms with Gasteiger partial charge in [0.25, 0.3) is 11.8 Å². The summed E-state index contributed by atoms with van der Waals surface area (Å²) < 4.78 is 115. The van der Waals surface area contributed by atoms with Gasteiger partial charge < -0.3 is 15.2 Å². The zero-order valence-corrected chi connectivity index (χ0v) is 20.8. The van der Waals surface area contributed by atoms with Crippen LogP contribution in [0, 0.1) is 6.92 Å². The van der Waals surface area contributed by atoms with Crippen LogP contribution < -0.4 is 10.6 Å². The molecule has 15 heteroatoms. The minimum Gasteiger partial charge on any atom is -0.772 e. The molecule has 2 N–H and O–H groups in total. The summed E-state index contributed by atoms with van der Waals surface area (Å²) in [6, 6.07) is 4.03. The molecule has 0 saturated carbocycles. The first-order chi connectivity index (χ1) is 16.8. The molecule has 0 aliphatic carbocycles. The van der Waals surface area contributed by atoms with Gasteiger partial charge in [0.2, 0.25) is 0 Å². The van der Waals surface area contributed by atoms with Crippen LogP contribution in [0.3, 0.4) is 0 Å². The van der Waals surface area contributed by atoms with Crippen molar-refractivity contribution < 1.29 is 49.1 Å². The number of anilines is 1. The van der Waals surface area contributed by atoms with E-state index in [-0.39, 0.29) is 33.5 Å². The van der Waals surface area contributed by atoms with Crippen LogP contribution in [0.25, 0.3) is 0 Å². The number of halogens is 8. The number of alkyl halides is 7. The van der Waals surface area contributed by atoms with E-state index in [1.54, 1.807) is 0 Å². The Hall–Kier alpha value is -2.71. The van der Waals surface area contributed by atoms with Gasteiger partial charge in [0, 0.05) is 22.5 Å². The van der Waals surface area contributed by atoms with Gasteiger partial charge in [0.05, 0.1) is 16.1 Å². The zero-order valence-electron chi connectivity index (χ0n) is 19.2. The van der Waals surface area contributed by atoms with E-state index < -0.39 is 57.8 Å². The lowest BCUT2D eigenvalue weighted by atomic mass is 9.92. The molecule has 0 spiro atoms. The summed E-state index contributed by atoms with van der Waals surface area (Å²) in [5.41, 5.74) is -8.67. The van der Waals surface area contributed by atoms with Crippen LogP contribution in [0.15, 0.2) is 36.4 Å². The smallest absolute Gasteiger partial charge is 0.435 e. The second kappa shape index (κ2) is 11.0. The highest BCUT2D eigenvalue weighted by Crippen LogP contribution is 2.53. The molecule has 204 valence electrons. The fraction of sp³-hybridized carbons (Fsp3) is 0.364.